The molecular formula is C69H81BN2. The molecule has 7 aromatic carbocycles. The lowest BCUT2D eigenvalue weighted by Gasteiger charge is -2.48. The maximum absolute atomic E-state index is 2.72. The van der Waals surface area contributed by atoms with Gasteiger partial charge in [0.1, 0.15) is 0 Å². The Morgan fingerprint density at radius 2 is 0.889 bits per heavy atom. The van der Waals surface area contributed by atoms with E-state index in [1.165, 1.54) is 112 Å². The predicted molar refractivity (Wildman–Crippen MR) is 316 cm³/mol. The first kappa shape index (κ1) is 49.8. The predicted octanol–water partition coefficient (Wildman–Crippen LogP) is 17.8. The van der Waals surface area contributed by atoms with Gasteiger partial charge in [0.05, 0.1) is 5.69 Å². The summed E-state index contributed by atoms with van der Waals surface area (Å²) in [4.78, 5) is 5.34. The minimum atomic E-state index is -0.0541. The molecule has 3 heteroatoms. The summed E-state index contributed by atoms with van der Waals surface area (Å²) in [5.41, 5.74) is 26.5. The van der Waals surface area contributed by atoms with E-state index in [1.807, 2.05) is 0 Å². The Bertz CT molecular complexity index is 3240. The van der Waals surface area contributed by atoms with Crippen molar-refractivity contribution in [2.45, 2.75) is 176 Å². The second-order valence-electron chi connectivity index (χ2n) is 27.7. The minimum Gasteiger partial charge on any atom is -0.311 e. The SMILES string of the molecule is CC(C)c1cc2c3c(c1)N(c1ccc(C(C)(C)C)cc1-c1cccc(-c4ccc(C(C)(C)C)cc4)c1)c1cc4c(cc1B3c1cc(C(C)(C)C)ccc1N2c1ccc(C(C)(C)C)cc1)C(C)(C)CCC4(C)C. The molecule has 0 spiro atoms. The van der Waals surface area contributed by atoms with E-state index < -0.39 is 0 Å². The highest BCUT2D eigenvalue weighted by Crippen LogP contribution is 2.53. The van der Waals surface area contributed by atoms with Crippen LogP contribution in [0, 0.1) is 0 Å². The van der Waals surface area contributed by atoms with Crippen LogP contribution in [0.4, 0.5) is 34.1 Å². The van der Waals surface area contributed by atoms with Crippen molar-refractivity contribution >= 4 is 57.2 Å². The first-order chi connectivity index (χ1) is 33.5. The number of anilines is 6. The molecule has 2 nitrogen and oxygen atoms in total. The van der Waals surface area contributed by atoms with Crippen LogP contribution in [0.2, 0.25) is 0 Å². The summed E-state index contributed by atoms with van der Waals surface area (Å²) in [6, 6.07) is 53.4. The van der Waals surface area contributed by atoms with Crippen LogP contribution in [0.15, 0.2) is 133 Å². The number of rotatable bonds is 5. The van der Waals surface area contributed by atoms with Crippen LogP contribution < -0.4 is 26.2 Å². The van der Waals surface area contributed by atoms with Crippen LogP contribution in [0.5, 0.6) is 0 Å². The third kappa shape index (κ3) is 8.55. The molecule has 0 aromatic heterocycles. The summed E-state index contributed by atoms with van der Waals surface area (Å²) in [5.74, 6) is 0.301. The van der Waals surface area contributed by atoms with Crippen LogP contribution in [-0.2, 0) is 32.5 Å². The molecule has 0 amide bonds. The topological polar surface area (TPSA) is 6.48 Å². The minimum absolute atomic E-state index is 0.0203. The fourth-order valence-electron chi connectivity index (χ4n) is 12.0. The Labute approximate surface area is 435 Å². The molecule has 0 unspecified atom stereocenters. The van der Waals surface area contributed by atoms with Gasteiger partial charge < -0.3 is 9.80 Å². The van der Waals surface area contributed by atoms with Crippen molar-refractivity contribution in [1.29, 1.82) is 0 Å². The van der Waals surface area contributed by atoms with E-state index in [2.05, 4.69) is 268 Å². The third-order valence-corrected chi connectivity index (χ3v) is 16.9. The number of hydrogen-bond donors (Lipinski definition) is 0. The van der Waals surface area contributed by atoms with Crippen molar-refractivity contribution in [3.05, 3.63) is 172 Å². The van der Waals surface area contributed by atoms with Gasteiger partial charge in [0.25, 0.3) is 6.71 Å². The highest BCUT2D eigenvalue weighted by atomic mass is 15.2. The summed E-state index contributed by atoms with van der Waals surface area (Å²) >= 11 is 0. The lowest BCUT2D eigenvalue weighted by atomic mass is 9.33. The first-order valence-corrected chi connectivity index (χ1v) is 27.1. The Morgan fingerprint density at radius 1 is 0.417 bits per heavy atom. The number of hydrogen-bond acceptors (Lipinski definition) is 2. The zero-order valence-corrected chi connectivity index (χ0v) is 47.2. The Kier molecular flexibility index (Phi) is 11.7. The van der Waals surface area contributed by atoms with E-state index in [4.69, 9.17) is 0 Å². The van der Waals surface area contributed by atoms with Gasteiger partial charge >= 0.3 is 0 Å². The maximum Gasteiger partial charge on any atom is 0.252 e. The van der Waals surface area contributed by atoms with E-state index in [1.54, 1.807) is 0 Å². The maximum atomic E-state index is 2.72. The van der Waals surface area contributed by atoms with E-state index in [-0.39, 0.29) is 39.2 Å². The van der Waals surface area contributed by atoms with Crippen LogP contribution in [0.25, 0.3) is 22.3 Å². The van der Waals surface area contributed by atoms with E-state index >= 15 is 0 Å². The van der Waals surface area contributed by atoms with Gasteiger partial charge in [-0.15, -0.1) is 0 Å². The smallest absolute Gasteiger partial charge is 0.252 e. The normalized spacial score (nSPS) is 16.1. The van der Waals surface area contributed by atoms with Gasteiger partial charge in [0, 0.05) is 34.0 Å². The lowest BCUT2D eigenvalue weighted by Crippen LogP contribution is -2.62. The molecule has 0 radical (unpaired) electrons. The van der Waals surface area contributed by atoms with Crippen LogP contribution in [0.1, 0.15) is 182 Å². The molecule has 0 saturated heterocycles. The largest absolute Gasteiger partial charge is 0.311 e. The molecule has 7 aromatic rings. The van der Waals surface area contributed by atoms with E-state index in [0.717, 1.165) is 12.8 Å². The quantitative estimate of drug-likeness (QED) is 0.159. The molecule has 10 rings (SSSR count). The summed E-state index contributed by atoms with van der Waals surface area (Å²) in [6.45, 7) is 42.7. The summed E-state index contributed by atoms with van der Waals surface area (Å²) in [5, 5.41) is 0. The molecule has 2 heterocycles. The molecule has 0 fully saturated rings. The number of benzene rings is 7. The fraction of sp³-hybridized carbons (Fsp3) is 0.391. The van der Waals surface area contributed by atoms with Crippen molar-refractivity contribution in [1.82, 2.24) is 0 Å². The van der Waals surface area contributed by atoms with Gasteiger partial charge in [-0.3, -0.25) is 0 Å². The number of fused-ring (bicyclic) bond motifs is 5. The molecule has 0 atom stereocenters. The van der Waals surface area contributed by atoms with E-state index in [0.29, 0.717) is 5.92 Å². The molecule has 0 bridgehead atoms. The summed E-state index contributed by atoms with van der Waals surface area (Å²) in [7, 11) is 0. The van der Waals surface area contributed by atoms with Crippen LogP contribution in [0.3, 0.4) is 0 Å². The molecular weight excluding hydrogens is 868 g/mol. The Balaban J connectivity index is 1.32. The molecule has 0 saturated carbocycles. The standard InChI is InChI=1S/C69H81BN2/c1-43(2)47-37-61-63-62(38-47)72(58-32-28-50(66(9,10)11)39-53(58)46-21-19-20-45(36-46)44-22-24-48(25-23-44)64(3,4)5)60-42-55-54(68(15,16)34-35-69(55,17)18)41-57(60)70(63)56-40-51(67(12,13)14)29-33-59(56)71(61)52-30-26-49(27-31-52)65(6,7)8/h19-33,36-43H,34-35H2,1-18H3. The first-order valence-electron chi connectivity index (χ1n) is 27.1. The summed E-state index contributed by atoms with van der Waals surface area (Å²) in [6.07, 6.45) is 2.32. The van der Waals surface area contributed by atoms with Gasteiger partial charge in [-0.05, 0) is 178 Å². The Morgan fingerprint density at radius 3 is 1.44 bits per heavy atom. The van der Waals surface area contributed by atoms with Crippen molar-refractivity contribution < 1.29 is 0 Å². The molecule has 72 heavy (non-hydrogen) atoms. The third-order valence-electron chi connectivity index (χ3n) is 16.9. The van der Waals surface area contributed by atoms with Crippen LogP contribution >= 0.6 is 0 Å². The van der Waals surface area contributed by atoms with Crippen molar-refractivity contribution in [3.8, 4) is 22.3 Å². The average molecular weight is 949 g/mol. The van der Waals surface area contributed by atoms with Gasteiger partial charge in [-0.2, -0.15) is 0 Å². The molecule has 3 aliphatic rings. The monoisotopic (exact) mass is 949 g/mol. The van der Waals surface area contributed by atoms with Gasteiger partial charge in [0.2, 0.25) is 0 Å². The average Bonchev–Trinajstić information content (AvgIpc) is 3.31. The Hall–Kier alpha value is -5.80. The molecule has 1 aliphatic carbocycles. The van der Waals surface area contributed by atoms with Crippen LogP contribution in [-0.4, -0.2) is 6.71 Å². The molecule has 2 aliphatic heterocycles. The fourth-order valence-corrected chi connectivity index (χ4v) is 12.0. The second-order valence-corrected chi connectivity index (χ2v) is 27.7. The number of nitrogens with zero attached hydrogens (tertiary/aromatic N) is 2. The second kappa shape index (κ2) is 16.9. The van der Waals surface area contributed by atoms with Crippen molar-refractivity contribution in [3.63, 3.8) is 0 Å². The van der Waals surface area contributed by atoms with Crippen molar-refractivity contribution in [2.75, 3.05) is 9.80 Å². The van der Waals surface area contributed by atoms with E-state index in [9.17, 15) is 0 Å². The lowest BCUT2D eigenvalue weighted by molar-refractivity contribution is 0.332. The zero-order valence-electron chi connectivity index (χ0n) is 47.2. The van der Waals surface area contributed by atoms with Gasteiger partial charge in [0.15, 0.2) is 0 Å². The molecule has 0 N–H and O–H groups in total. The summed E-state index contributed by atoms with van der Waals surface area (Å²) < 4.78 is 0. The van der Waals surface area contributed by atoms with Gasteiger partial charge in [-0.1, -0.05) is 203 Å². The van der Waals surface area contributed by atoms with Crippen molar-refractivity contribution in [2.24, 2.45) is 0 Å². The van der Waals surface area contributed by atoms with Gasteiger partial charge in [-0.25, -0.2) is 0 Å². The molecule has 370 valence electrons. The highest BCUT2D eigenvalue weighted by molar-refractivity contribution is 7.00. The highest BCUT2D eigenvalue weighted by Gasteiger charge is 2.47. The zero-order chi connectivity index (χ0) is 51.8.